The van der Waals surface area contributed by atoms with Gasteiger partial charge in [0.2, 0.25) is 0 Å². The van der Waals surface area contributed by atoms with E-state index in [0.29, 0.717) is 0 Å². The number of hydrogen-bond donors (Lipinski definition) is 0. The molecule has 13 rings (SSSR count). The molecule has 0 amide bonds. The second kappa shape index (κ2) is 17.1. The number of thiophene rings is 2. The lowest BCUT2D eigenvalue weighted by molar-refractivity contribution is 1.03. The van der Waals surface area contributed by atoms with E-state index in [1.165, 1.54) is 108 Å². The number of halogens is 1. The average molecular weight is 954 g/mol. The third kappa shape index (κ3) is 7.37. The van der Waals surface area contributed by atoms with Crippen molar-refractivity contribution in [3.8, 4) is 0 Å². The maximum atomic E-state index is 5.74. The normalized spacial score (nSPS) is 15.6. The van der Waals surface area contributed by atoms with Crippen molar-refractivity contribution in [2.24, 2.45) is 0 Å². The number of nitrogens with zero attached hydrogens (tertiary/aromatic N) is 6. The van der Waals surface area contributed by atoms with E-state index in [1.807, 2.05) is 22.7 Å². The highest BCUT2D eigenvalue weighted by atomic mass is 35.5. The zero-order chi connectivity index (χ0) is 45.6. The summed E-state index contributed by atoms with van der Waals surface area (Å²) in [5, 5.41) is 0. The Balaban J connectivity index is 0.00000492. The van der Waals surface area contributed by atoms with Gasteiger partial charge in [-0.1, -0.05) is 72.8 Å². The first-order chi connectivity index (χ1) is 33.3. The number of fused-ring (bicyclic) bond motifs is 12. The Morgan fingerprint density at radius 2 is 0.565 bits per heavy atom. The number of likely N-dealkylation sites (N-methyl/N-ethyl adjacent to an activating group) is 4. The molecule has 0 fully saturated rings. The fourth-order valence-electron chi connectivity index (χ4n) is 11.0. The predicted molar refractivity (Wildman–Crippen MR) is 303 cm³/mol. The zero-order valence-corrected chi connectivity index (χ0v) is 41.4. The van der Waals surface area contributed by atoms with E-state index in [1.54, 1.807) is 0 Å². The average Bonchev–Trinajstić information content (AvgIpc) is 4.21. The van der Waals surface area contributed by atoms with Crippen molar-refractivity contribution in [3.63, 3.8) is 0 Å². The third-order valence-electron chi connectivity index (χ3n) is 14.1. The standard InChI is InChI=1S/C60H48N6S2.ClH/c1-63-33-41(29-37-13-5-9-17-49(37)63)57-45-21-22-46(61-45)58(42-30-38-14-6-10-18-50(38)64(2)34-42)55-27-28-56(68-55)60(44-32-40-16-8-12-20-52(40)66(4)36-44)48-24-23-47(62-48)59(54-26-25-53(57)67-54)43-31-39-15-7-11-19-51(39)65(3)35-43;/h5-32H,33-36H2,1-4H3;1H. The lowest BCUT2D eigenvalue weighted by Crippen LogP contribution is -2.23. The molecule has 0 saturated heterocycles. The summed E-state index contributed by atoms with van der Waals surface area (Å²) in [6.07, 6.45) is 18.6. The van der Waals surface area contributed by atoms with Gasteiger partial charge in [0.1, 0.15) is 0 Å². The molecule has 4 aromatic carbocycles. The Hall–Kier alpha value is -7.23. The van der Waals surface area contributed by atoms with Gasteiger partial charge in [-0.25, -0.2) is 9.97 Å². The third-order valence-corrected chi connectivity index (χ3v) is 16.4. The van der Waals surface area contributed by atoms with Crippen LogP contribution in [0.2, 0.25) is 0 Å². The van der Waals surface area contributed by atoms with E-state index in [-0.39, 0.29) is 12.4 Å². The van der Waals surface area contributed by atoms with E-state index >= 15 is 0 Å². The molecule has 6 aliphatic heterocycles. The highest BCUT2D eigenvalue weighted by molar-refractivity contribution is 7.24. The molecule has 8 bridgehead atoms. The van der Waals surface area contributed by atoms with Crippen molar-refractivity contribution < 1.29 is 0 Å². The summed E-state index contributed by atoms with van der Waals surface area (Å²) in [5.74, 6) is 0. The molecule has 0 unspecified atom stereocenters. The van der Waals surface area contributed by atoms with Crippen LogP contribution in [0.25, 0.3) is 89.7 Å². The molecule has 0 saturated carbocycles. The van der Waals surface area contributed by atoms with Crippen molar-refractivity contribution >= 4 is 148 Å². The molecule has 0 N–H and O–H groups in total. The van der Waals surface area contributed by atoms with Gasteiger partial charge in [0.15, 0.2) is 0 Å². The number of hydrogen-bond acceptors (Lipinski definition) is 8. The second-order valence-corrected chi connectivity index (χ2v) is 20.8. The van der Waals surface area contributed by atoms with Gasteiger partial charge in [-0.05, 0) is 142 Å². The van der Waals surface area contributed by atoms with Gasteiger partial charge in [-0.2, -0.15) is 0 Å². The Kier molecular flexibility index (Phi) is 10.7. The summed E-state index contributed by atoms with van der Waals surface area (Å²) < 4.78 is 4.77. The largest absolute Gasteiger partial charge is 0.370 e. The highest BCUT2D eigenvalue weighted by Gasteiger charge is 2.27. The molecule has 338 valence electrons. The van der Waals surface area contributed by atoms with Crippen LogP contribution < -0.4 is 19.6 Å². The summed E-state index contributed by atoms with van der Waals surface area (Å²) in [6, 6.07) is 44.2. The van der Waals surface area contributed by atoms with Gasteiger partial charge in [0.05, 0.1) is 22.8 Å². The molecule has 7 aromatic rings. The van der Waals surface area contributed by atoms with Gasteiger partial charge < -0.3 is 19.6 Å². The number of anilines is 4. The fraction of sp³-hybridized carbons (Fsp3) is 0.133. The van der Waals surface area contributed by atoms with Gasteiger partial charge in [0.25, 0.3) is 0 Å². The van der Waals surface area contributed by atoms with E-state index in [4.69, 9.17) is 9.97 Å². The topological polar surface area (TPSA) is 38.7 Å². The second-order valence-electron chi connectivity index (χ2n) is 18.6. The van der Waals surface area contributed by atoms with E-state index in [2.05, 4.69) is 218 Å². The maximum Gasteiger partial charge on any atom is 0.0727 e. The lowest BCUT2D eigenvalue weighted by atomic mass is 9.96. The number of para-hydroxylation sites is 4. The van der Waals surface area contributed by atoms with Crippen LogP contribution in [0.3, 0.4) is 0 Å². The van der Waals surface area contributed by atoms with E-state index < -0.39 is 0 Å². The van der Waals surface area contributed by atoms with Crippen LogP contribution in [0, 0.1) is 0 Å². The van der Waals surface area contributed by atoms with Gasteiger partial charge in [-0.3, -0.25) is 0 Å². The van der Waals surface area contributed by atoms with Crippen LogP contribution >= 0.6 is 35.1 Å². The van der Waals surface area contributed by atoms with Crippen LogP contribution in [-0.4, -0.2) is 64.3 Å². The van der Waals surface area contributed by atoms with Crippen LogP contribution in [0.15, 0.2) is 121 Å². The van der Waals surface area contributed by atoms with Gasteiger partial charge >= 0.3 is 0 Å². The molecular weight excluding hydrogens is 904 g/mol. The van der Waals surface area contributed by atoms with Crippen molar-refractivity contribution in [1.29, 1.82) is 0 Å². The van der Waals surface area contributed by atoms with Crippen molar-refractivity contribution in [2.75, 3.05) is 74.0 Å². The molecule has 0 aliphatic carbocycles. The zero-order valence-electron chi connectivity index (χ0n) is 38.9. The summed E-state index contributed by atoms with van der Waals surface area (Å²) in [6.45, 7) is 3.07. The van der Waals surface area contributed by atoms with Crippen LogP contribution in [0.1, 0.15) is 67.3 Å². The molecule has 0 spiro atoms. The first-order valence-corrected chi connectivity index (χ1v) is 25.0. The molecule has 9 heteroatoms. The number of rotatable bonds is 4. The molecular formula is C60H49ClN6S2. The Morgan fingerprint density at radius 1 is 0.333 bits per heavy atom. The fourth-order valence-corrected chi connectivity index (χ4v) is 13.4. The quantitative estimate of drug-likeness (QED) is 0.175. The van der Waals surface area contributed by atoms with Crippen molar-refractivity contribution in [3.05, 3.63) is 189 Å². The van der Waals surface area contributed by atoms with Crippen LogP contribution in [0.5, 0.6) is 0 Å². The van der Waals surface area contributed by atoms with Gasteiger partial charge in [0, 0.05) is 118 Å². The van der Waals surface area contributed by atoms with Crippen molar-refractivity contribution in [2.45, 2.75) is 0 Å². The van der Waals surface area contributed by atoms with Crippen molar-refractivity contribution in [1.82, 2.24) is 9.97 Å². The van der Waals surface area contributed by atoms with Crippen LogP contribution in [-0.2, 0) is 0 Å². The molecule has 0 radical (unpaired) electrons. The Morgan fingerprint density at radius 3 is 0.812 bits per heavy atom. The predicted octanol–water partition coefficient (Wildman–Crippen LogP) is 14.5. The summed E-state index contributed by atoms with van der Waals surface area (Å²) in [7, 11) is 8.82. The molecule has 69 heavy (non-hydrogen) atoms. The molecule has 6 nitrogen and oxygen atoms in total. The van der Waals surface area contributed by atoms with Gasteiger partial charge in [-0.15, -0.1) is 35.1 Å². The Bertz CT molecular complexity index is 3210. The smallest absolute Gasteiger partial charge is 0.0727 e. The maximum absolute atomic E-state index is 5.74. The molecule has 0 atom stereocenters. The highest BCUT2D eigenvalue weighted by Crippen LogP contribution is 2.45. The summed E-state index contributed by atoms with van der Waals surface area (Å²) >= 11 is 3.70. The minimum Gasteiger partial charge on any atom is -0.370 e. The minimum atomic E-state index is 0. The summed E-state index contributed by atoms with van der Waals surface area (Å²) in [5.41, 5.74) is 23.5. The monoisotopic (exact) mass is 952 g/mol. The number of benzene rings is 4. The molecule has 3 aromatic heterocycles. The first kappa shape index (κ1) is 43.1. The number of aromatic nitrogens is 2. The lowest BCUT2D eigenvalue weighted by Gasteiger charge is -2.28. The van der Waals surface area contributed by atoms with E-state index in [9.17, 15) is 0 Å². The van der Waals surface area contributed by atoms with E-state index in [0.717, 1.165) is 49.0 Å². The Labute approximate surface area is 417 Å². The molecule has 9 heterocycles. The molecule has 6 aliphatic rings. The summed E-state index contributed by atoms with van der Waals surface area (Å²) in [4.78, 5) is 21.0. The first-order valence-electron chi connectivity index (χ1n) is 23.3. The minimum absolute atomic E-state index is 0. The SMILES string of the molecule is CN1CC(c2c3nc(c(C4=Cc5ccccc5N(C)C4)c4ccc(s4)c(C4=Cc5ccccc5N(C)C4)c4nc(c(C5=Cc6ccccc6N(C)C5)c5ccc2s5)C=C4)C=C3)=Cc2ccccc21.Cl. The van der Waals surface area contributed by atoms with Crippen LogP contribution in [0.4, 0.5) is 22.7 Å².